The Morgan fingerprint density at radius 2 is 2.14 bits per heavy atom. The van der Waals surface area contributed by atoms with Gasteiger partial charge in [0.05, 0.1) is 11.5 Å². The summed E-state index contributed by atoms with van der Waals surface area (Å²) in [6, 6.07) is 1.19. The minimum Gasteiger partial charge on any atom is -0.477 e. The zero-order valence-electron chi connectivity index (χ0n) is 12.2. The zero-order chi connectivity index (χ0) is 16.0. The number of nitrogens with one attached hydrogen (secondary N) is 1. The maximum absolute atomic E-state index is 12.1. The summed E-state index contributed by atoms with van der Waals surface area (Å²) < 4.78 is 31.7. The van der Waals surface area contributed by atoms with Crippen LogP contribution in [-0.2, 0) is 14.8 Å². The summed E-state index contributed by atoms with van der Waals surface area (Å²) in [7, 11) is -0.207. The second-order valence-corrected chi connectivity index (χ2v) is 7.52. The third kappa shape index (κ3) is 5.36. The van der Waals surface area contributed by atoms with E-state index in [0.717, 1.165) is 11.3 Å². The van der Waals surface area contributed by atoms with Crippen LogP contribution in [0.3, 0.4) is 0 Å². The molecule has 0 saturated heterocycles. The van der Waals surface area contributed by atoms with E-state index in [-0.39, 0.29) is 16.3 Å². The van der Waals surface area contributed by atoms with Crippen LogP contribution in [0.5, 0.6) is 0 Å². The number of likely N-dealkylation sites (N-methyl/N-ethyl adjacent to an activating group) is 1. The maximum atomic E-state index is 12.1. The molecule has 1 heterocycles. The van der Waals surface area contributed by atoms with Gasteiger partial charge in [-0.15, -0.1) is 11.3 Å². The number of rotatable bonds is 9. The van der Waals surface area contributed by atoms with Crippen LogP contribution in [-0.4, -0.2) is 64.8 Å². The predicted molar refractivity (Wildman–Crippen MR) is 80.6 cm³/mol. The molecule has 120 valence electrons. The topological polar surface area (TPSA) is 95.9 Å². The van der Waals surface area contributed by atoms with Gasteiger partial charge in [-0.25, -0.2) is 17.9 Å². The number of nitrogens with zero attached hydrogens (tertiary/aromatic N) is 1. The molecule has 0 fully saturated rings. The molecule has 0 aliphatic heterocycles. The Bertz CT molecular complexity index is 582. The Hall–Kier alpha value is -1.00. The maximum Gasteiger partial charge on any atom is 0.345 e. The molecule has 0 saturated carbocycles. The van der Waals surface area contributed by atoms with E-state index in [2.05, 4.69) is 4.72 Å². The molecule has 0 radical (unpaired) electrons. The highest BCUT2D eigenvalue weighted by molar-refractivity contribution is 7.89. The summed E-state index contributed by atoms with van der Waals surface area (Å²) in [5.41, 5.74) is 0. The standard InChI is InChI=1S/C12H20N2O5S2/c1-9-11(8-10(20-9)12(15)16)21(17,18)13-4-5-14(2)6-7-19-3/h8,13H,4-7H2,1-3H3,(H,15,16). The molecule has 2 N–H and O–H groups in total. The van der Waals surface area contributed by atoms with Gasteiger partial charge in [-0.2, -0.15) is 0 Å². The fourth-order valence-corrected chi connectivity index (χ4v) is 4.09. The number of aromatic carboxylic acids is 1. The first kappa shape index (κ1) is 18.1. The molecular weight excluding hydrogens is 316 g/mol. The second kappa shape index (κ2) is 7.85. The largest absolute Gasteiger partial charge is 0.477 e. The Labute approximate surface area is 128 Å². The highest BCUT2D eigenvalue weighted by atomic mass is 32.2. The molecule has 0 unspecified atom stereocenters. The van der Waals surface area contributed by atoms with Crippen molar-refractivity contribution in [3.05, 3.63) is 15.8 Å². The SMILES string of the molecule is COCCN(C)CCNS(=O)(=O)c1cc(C(=O)O)sc1C. The number of thiophene rings is 1. The number of ether oxygens (including phenoxy) is 1. The Morgan fingerprint density at radius 3 is 2.67 bits per heavy atom. The number of aryl methyl sites for hydroxylation is 1. The Kier molecular flexibility index (Phi) is 6.75. The smallest absolute Gasteiger partial charge is 0.345 e. The Morgan fingerprint density at radius 1 is 1.48 bits per heavy atom. The molecule has 0 atom stereocenters. The summed E-state index contributed by atoms with van der Waals surface area (Å²) in [5, 5.41) is 8.90. The predicted octanol–water partition coefficient (Wildman–Crippen LogP) is 0.611. The number of methoxy groups -OCH3 is 1. The molecule has 0 bridgehead atoms. The van der Waals surface area contributed by atoms with Crippen molar-refractivity contribution in [2.75, 3.05) is 40.4 Å². The van der Waals surface area contributed by atoms with E-state index in [4.69, 9.17) is 9.84 Å². The van der Waals surface area contributed by atoms with Crippen molar-refractivity contribution < 1.29 is 23.1 Å². The number of hydrogen-bond donors (Lipinski definition) is 2. The van der Waals surface area contributed by atoms with Crippen molar-refractivity contribution in [2.24, 2.45) is 0 Å². The zero-order valence-corrected chi connectivity index (χ0v) is 13.9. The highest BCUT2D eigenvalue weighted by Gasteiger charge is 2.21. The fraction of sp³-hybridized carbons (Fsp3) is 0.583. The summed E-state index contributed by atoms with van der Waals surface area (Å²) >= 11 is 0.955. The summed E-state index contributed by atoms with van der Waals surface area (Å²) in [6.45, 7) is 3.67. The minimum atomic E-state index is -3.68. The van der Waals surface area contributed by atoms with E-state index in [9.17, 15) is 13.2 Å². The van der Waals surface area contributed by atoms with Gasteiger partial charge >= 0.3 is 5.97 Å². The first-order valence-corrected chi connectivity index (χ1v) is 8.58. The second-order valence-electron chi connectivity index (χ2n) is 4.53. The van der Waals surface area contributed by atoms with Gasteiger partial charge in [-0.05, 0) is 20.0 Å². The lowest BCUT2D eigenvalue weighted by atomic mass is 10.4. The van der Waals surface area contributed by atoms with Gasteiger partial charge in [0.15, 0.2) is 0 Å². The molecule has 0 aliphatic carbocycles. The lowest BCUT2D eigenvalue weighted by Gasteiger charge is -2.16. The number of carboxylic acids is 1. The molecule has 7 nitrogen and oxygen atoms in total. The van der Waals surface area contributed by atoms with Crippen molar-refractivity contribution >= 4 is 27.3 Å². The van der Waals surface area contributed by atoms with Gasteiger partial charge in [0, 0.05) is 31.6 Å². The van der Waals surface area contributed by atoms with Gasteiger partial charge in [-0.3, -0.25) is 0 Å². The van der Waals surface area contributed by atoms with Gasteiger partial charge in [0.25, 0.3) is 0 Å². The van der Waals surface area contributed by atoms with E-state index in [1.165, 1.54) is 6.07 Å². The average molecular weight is 336 g/mol. The molecular formula is C12H20N2O5S2. The van der Waals surface area contributed by atoms with Crippen LogP contribution in [0.2, 0.25) is 0 Å². The lowest BCUT2D eigenvalue weighted by Crippen LogP contribution is -2.34. The van der Waals surface area contributed by atoms with Gasteiger partial charge in [0.1, 0.15) is 4.88 Å². The number of sulfonamides is 1. The third-order valence-electron chi connectivity index (χ3n) is 2.84. The van der Waals surface area contributed by atoms with Gasteiger partial charge in [-0.1, -0.05) is 0 Å². The minimum absolute atomic E-state index is 0.0186. The van der Waals surface area contributed by atoms with E-state index in [1.54, 1.807) is 14.0 Å². The van der Waals surface area contributed by atoms with Crippen molar-refractivity contribution in [1.82, 2.24) is 9.62 Å². The van der Waals surface area contributed by atoms with E-state index in [0.29, 0.717) is 24.6 Å². The van der Waals surface area contributed by atoms with E-state index < -0.39 is 16.0 Å². The number of carboxylic acid groups (broad SMARTS) is 1. The average Bonchev–Trinajstić information content (AvgIpc) is 2.79. The molecule has 0 spiro atoms. The van der Waals surface area contributed by atoms with Crippen LogP contribution in [0.15, 0.2) is 11.0 Å². The molecule has 21 heavy (non-hydrogen) atoms. The highest BCUT2D eigenvalue weighted by Crippen LogP contribution is 2.25. The fourth-order valence-electron chi connectivity index (χ4n) is 1.65. The van der Waals surface area contributed by atoms with Crippen molar-refractivity contribution in [1.29, 1.82) is 0 Å². The quantitative estimate of drug-likeness (QED) is 0.686. The van der Waals surface area contributed by atoms with E-state index >= 15 is 0 Å². The summed E-state index contributed by atoms with van der Waals surface area (Å²) in [6.07, 6.45) is 0. The molecule has 0 aliphatic rings. The molecule has 1 aromatic rings. The Balaban J connectivity index is 2.63. The first-order chi connectivity index (χ1) is 9.77. The number of carbonyl (C=O) groups is 1. The molecule has 9 heteroatoms. The lowest BCUT2D eigenvalue weighted by molar-refractivity contribution is 0.0702. The molecule has 1 rings (SSSR count). The van der Waals surface area contributed by atoms with Crippen molar-refractivity contribution in [2.45, 2.75) is 11.8 Å². The van der Waals surface area contributed by atoms with Gasteiger partial charge in [0.2, 0.25) is 10.0 Å². The van der Waals surface area contributed by atoms with Crippen LogP contribution >= 0.6 is 11.3 Å². The molecule has 0 amide bonds. The van der Waals surface area contributed by atoms with Crippen LogP contribution in [0.1, 0.15) is 14.5 Å². The number of hydrogen-bond acceptors (Lipinski definition) is 6. The molecule has 1 aromatic heterocycles. The van der Waals surface area contributed by atoms with Crippen molar-refractivity contribution in [3.8, 4) is 0 Å². The molecule has 0 aromatic carbocycles. The van der Waals surface area contributed by atoms with Crippen LogP contribution in [0.25, 0.3) is 0 Å². The van der Waals surface area contributed by atoms with Gasteiger partial charge < -0.3 is 14.7 Å². The normalized spacial score (nSPS) is 12.0. The third-order valence-corrected chi connectivity index (χ3v) is 5.59. The monoisotopic (exact) mass is 336 g/mol. The summed E-state index contributed by atoms with van der Waals surface area (Å²) in [5.74, 6) is -1.12. The van der Waals surface area contributed by atoms with Crippen molar-refractivity contribution in [3.63, 3.8) is 0 Å². The summed E-state index contributed by atoms with van der Waals surface area (Å²) in [4.78, 5) is 13.3. The van der Waals surface area contributed by atoms with Crippen LogP contribution in [0.4, 0.5) is 0 Å². The van der Waals surface area contributed by atoms with E-state index in [1.807, 2.05) is 11.9 Å². The first-order valence-electron chi connectivity index (χ1n) is 6.29. The van der Waals surface area contributed by atoms with Crippen LogP contribution in [0, 0.1) is 6.92 Å². The van der Waals surface area contributed by atoms with Crippen LogP contribution < -0.4 is 4.72 Å².